The molecule has 0 atom stereocenters. The maximum absolute atomic E-state index is 13.2. The van der Waals surface area contributed by atoms with Gasteiger partial charge in [0, 0.05) is 16.5 Å². The third-order valence-electron chi connectivity index (χ3n) is 5.65. The summed E-state index contributed by atoms with van der Waals surface area (Å²) in [6.07, 6.45) is 1.98. The topological polar surface area (TPSA) is 66.5 Å². The second-order valence-corrected chi connectivity index (χ2v) is 8.61. The minimum absolute atomic E-state index is 0.148. The molecule has 4 amide bonds. The van der Waals surface area contributed by atoms with E-state index < -0.39 is 17.8 Å². The van der Waals surface area contributed by atoms with Crippen molar-refractivity contribution in [1.82, 2.24) is 5.32 Å². The van der Waals surface area contributed by atoms with Gasteiger partial charge in [0.05, 0.1) is 5.69 Å². The molecule has 3 aromatic carbocycles. The van der Waals surface area contributed by atoms with Crippen LogP contribution in [0.3, 0.4) is 0 Å². The number of amides is 4. The normalized spacial score (nSPS) is 15.2. The van der Waals surface area contributed by atoms with Crippen molar-refractivity contribution < 1.29 is 14.4 Å². The van der Waals surface area contributed by atoms with Crippen LogP contribution in [0.15, 0.2) is 66.2 Å². The van der Waals surface area contributed by atoms with E-state index >= 15 is 0 Å². The molecule has 0 radical (unpaired) electrons. The van der Waals surface area contributed by atoms with Crippen molar-refractivity contribution in [1.29, 1.82) is 0 Å². The van der Waals surface area contributed by atoms with E-state index in [1.165, 1.54) is 6.08 Å². The SMILES string of the molecule is Cc1cccc(N2C(=O)NC(=O)/C(=C\c3ccc(Cc4ccccc4Cl)c(Cl)c3)C2=O)c1C. The van der Waals surface area contributed by atoms with Crippen LogP contribution in [-0.4, -0.2) is 17.8 Å². The number of barbiturate groups is 1. The van der Waals surface area contributed by atoms with Crippen molar-refractivity contribution in [2.24, 2.45) is 0 Å². The Kier molecular flexibility index (Phi) is 6.36. The summed E-state index contributed by atoms with van der Waals surface area (Å²) in [6.45, 7) is 3.71. The largest absolute Gasteiger partial charge is 0.335 e. The molecule has 0 saturated carbocycles. The molecule has 1 saturated heterocycles. The lowest BCUT2D eigenvalue weighted by Crippen LogP contribution is -2.54. The fourth-order valence-corrected chi connectivity index (χ4v) is 4.12. The minimum Gasteiger partial charge on any atom is -0.273 e. The lowest BCUT2D eigenvalue weighted by Gasteiger charge is -2.28. The van der Waals surface area contributed by atoms with Gasteiger partial charge in [-0.05, 0) is 65.9 Å². The molecule has 1 heterocycles. The number of rotatable bonds is 4. The maximum Gasteiger partial charge on any atom is 0.335 e. The second-order valence-electron chi connectivity index (χ2n) is 7.80. The van der Waals surface area contributed by atoms with Crippen molar-refractivity contribution in [2.45, 2.75) is 20.3 Å². The highest BCUT2D eigenvalue weighted by Gasteiger charge is 2.37. The minimum atomic E-state index is -0.774. The first kappa shape index (κ1) is 22.8. The van der Waals surface area contributed by atoms with Gasteiger partial charge in [-0.3, -0.25) is 14.9 Å². The van der Waals surface area contributed by atoms with Crippen LogP contribution < -0.4 is 10.2 Å². The van der Waals surface area contributed by atoms with Gasteiger partial charge in [0.25, 0.3) is 11.8 Å². The maximum atomic E-state index is 13.2. The van der Waals surface area contributed by atoms with Crippen molar-refractivity contribution in [3.63, 3.8) is 0 Å². The van der Waals surface area contributed by atoms with E-state index in [4.69, 9.17) is 23.2 Å². The highest BCUT2D eigenvalue weighted by molar-refractivity contribution is 6.39. The average molecular weight is 479 g/mol. The molecule has 0 aromatic heterocycles. The first-order valence-electron chi connectivity index (χ1n) is 10.3. The lowest BCUT2D eigenvalue weighted by molar-refractivity contribution is -0.122. The van der Waals surface area contributed by atoms with Crippen LogP contribution in [0, 0.1) is 13.8 Å². The van der Waals surface area contributed by atoms with E-state index in [9.17, 15) is 14.4 Å². The molecule has 4 rings (SSSR count). The Morgan fingerprint density at radius 3 is 2.33 bits per heavy atom. The molecule has 1 aliphatic rings. The molecular weight excluding hydrogens is 459 g/mol. The highest BCUT2D eigenvalue weighted by Crippen LogP contribution is 2.29. The van der Waals surface area contributed by atoms with Gasteiger partial charge in [-0.15, -0.1) is 0 Å². The van der Waals surface area contributed by atoms with Crippen molar-refractivity contribution in [2.75, 3.05) is 4.90 Å². The number of hydrogen-bond donors (Lipinski definition) is 1. The predicted octanol–water partition coefficient (Wildman–Crippen LogP) is 5.87. The molecule has 5 nitrogen and oxygen atoms in total. The Bertz CT molecular complexity index is 1330. The smallest absolute Gasteiger partial charge is 0.273 e. The summed E-state index contributed by atoms with van der Waals surface area (Å²) in [5.74, 6) is -1.43. The Labute approximate surface area is 201 Å². The Morgan fingerprint density at radius 1 is 0.879 bits per heavy atom. The molecule has 0 aliphatic carbocycles. The number of imide groups is 2. The van der Waals surface area contributed by atoms with Crippen LogP contribution in [0.4, 0.5) is 10.5 Å². The van der Waals surface area contributed by atoms with Crippen molar-refractivity contribution in [3.05, 3.63) is 104 Å². The number of hydrogen-bond acceptors (Lipinski definition) is 3. The first-order chi connectivity index (χ1) is 15.8. The van der Waals surface area contributed by atoms with Crippen LogP contribution in [0.1, 0.15) is 27.8 Å². The number of nitrogens with zero attached hydrogens (tertiary/aromatic N) is 1. The molecular formula is C26H20Cl2N2O3. The molecule has 166 valence electrons. The van der Waals surface area contributed by atoms with E-state index in [2.05, 4.69) is 5.32 Å². The van der Waals surface area contributed by atoms with Crippen molar-refractivity contribution >= 4 is 52.8 Å². The van der Waals surface area contributed by atoms with Gasteiger partial charge < -0.3 is 0 Å². The third-order valence-corrected chi connectivity index (χ3v) is 6.37. The van der Waals surface area contributed by atoms with Crippen LogP contribution in [-0.2, 0) is 16.0 Å². The fraction of sp³-hybridized carbons (Fsp3) is 0.115. The number of carbonyl (C=O) groups is 3. The second kappa shape index (κ2) is 9.22. The third kappa shape index (κ3) is 4.56. The number of benzene rings is 3. The average Bonchev–Trinajstić information content (AvgIpc) is 2.77. The Morgan fingerprint density at radius 2 is 1.61 bits per heavy atom. The van der Waals surface area contributed by atoms with Gasteiger partial charge in [0.15, 0.2) is 0 Å². The summed E-state index contributed by atoms with van der Waals surface area (Å²) in [7, 11) is 0. The van der Waals surface area contributed by atoms with Crippen LogP contribution in [0.25, 0.3) is 6.08 Å². The summed E-state index contributed by atoms with van der Waals surface area (Å²) in [5, 5.41) is 3.39. The van der Waals surface area contributed by atoms with Crippen LogP contribution in [0.5, 0.6) is 0 Å². The van der Waals surface area contributed by atoms with Crippen LogP contribution in [0.2, 0.25) is 10.0 Å². The Balaban J connectivity index is 1.66. The lowest BCUT2D eigenvalue weighted by atomic mass is 10.0. The number of halogens is 2. The standard InChI is InChI=1S/C26H20Cl2N2O3/c1-15-6-5-9-23(16(15)2)30-25(32)20(24(31)29-26(30)33)12-17-10-11-19(22(28)13-17)14-18-7-3-4-8-21(18)27/h3-13H,14H2,1-2H3,(H,29,31,33)/b20-12+. The summed E-state index contributed by atoms with van der Waals surface area (Å²) in [6, 6.07) is 17.3. The monoisotopic (exact) mass is 478 g/mol. The molecule has 3 aromatic rings. The van der Waals surface area contributed by atoms with Gasteiger partial charge in [-0.1, -0.05) is 65.7 Å². The van der Waals surface area contributed by atoms with Gasteiger partial charge in [-0.2, -0.15) is 0 Å². The Hall–Kier alpha value is -3.41. The van der Waals surface area contributed by atoms with Crippen molar-refractivity contribution in [3.8, 4) is 0 Å². The first-order valence-corrected chi connectivity index (χ1v) is 11.0. The van der Waals surface area contributed by atoms with Gasteiger partial charge in [0.2, 0.25) is 0 Å². The summed E-state index contributed by atoms with van der Waals surface area (Å²) in [5.41, 5.74) is 4.36. The molecule has 0 bridgehead atoms. The summed E-state index contributed by atoms with van der Waals surface area (Å²) < 4.78 is 0. The number of anilines is 1. The van der Waals surface area contributed by atoms with Gasteiger partial charge >= 0.3 is 6.03 Å². The van der Waals surface area contributed by atoms with E-state index in [-0.39, 0.29) is 5.57 Å². The predicted molar refractivity (Wildman–Crippen MR) is 131 cm³/mol. The fourth-order valence-electron chi connectivity index (χ4n) is 3.66. The van der Waals surface area contributed by atoms with E-state index in [0.717, 1.165) is 27.2 Å². The van der Waals surface area contributed by atoms with E-state index in [0.29, 0.717) is 27.7 Å². The summed E-state index contributed by atoms with van der Waals surface area (Å²) >= 11 is 12.7. The molecule has 33 heavy (non-hydrogen) atoms. The zero-order valence-corrected chi connectivity index (χ0v) is 19.5. The zero-order valence-electron chi connectivity index (χ0n) is 18.0. The van der Waals surface area contributed by atoms with Gasteiger partial charge in [-0.25, -0.2) is 9.69 Å². The zero-order chi connectivity index (χ0) is 23.7. The molecule has 7 heteroatoms. The number of aryl methyl sites for hydroxylation is 1. The molecule has 0 spiro atoms. The molecule has 0 unspecified atom stereocenters. The van der Waals surface area contributed by atoms with E-state index in [1.54, 1.807) is 24.3 Å². The quantitative estimate of drug-likeness (QED) is 0.376. The number of nitrogens with one attached hydrogen (secondary N) is 1. The number of urea groups is 1. The van der Waals surface area contributed by atoms with Crippen LogP contribution >= 0.6 is 23.2 Å². The van der Waals surface area contributed by atoms with Gasteiger partial charge in [0.1, 0.15) is 5.57 Å². The highest BCUT2D eigenvalue weighted by atomic mass is 35.5. The molecule has 1 N–H and O–H groups in total. The summed E-state index contributed by atoms with van der Waals surface area (Å²) in [4.78, 5) is 39.1. The number of carbonyl (C=O) groups excluding carboxylic acids is 3. The molecule has 1 aliphatic heterocycles. The molecule has 1 fully saturated rings. The van der Waals surface area contributed by atoms with E-state index in [1.807, 2.05) is 50.2 Å².